The van der Waals surface area contributed by atoms with Gasteiger partial charge in [-0.3, -0.25) is 0 Å². The maximum absolute atomic E-state index is 5.93. The van der Waals surface area contributed by atoms with E-state index in [9.17, 15) is 0 Å². The molecular weight excluding hydrogens is 188 g/mol. The molecule has 0 aromatic heterocycles. The lowest BCUT2D eigenvalue weighted by Crippen LogP contribution is -2.39. The molecule has 2 N–H and O–H groups in total. The molecule has 1 heterocycles. The van der Waals surface area contributed by atoms with Gasteiger partial charge in [-0.15, -0.1) is 0 Å². The lowest BCUT2D eigenvalue weighted by atomic mass is 9.98. The number of ether oxygens (including phenoxy) is 1. The van der Waals surface area contributed by atoms with Crippen LogP contribution in [0.1, 0.15) is 32.6 Å². The molecule has 0 amide bonds. The van der Waals surface area contributed by atoms with Gasteiger partial charge in [0.05, 0.1) is 6.61 Å². The Hall–Kier alpha value is -0.120. The van der Waals surface area contributed by atoms with E-state index in [0.717, 1.165) is 31.9 Å². The normalized spacial score (nSPS) is 25.4. The van der Waals surface area contributed by atoms with E-state index >= 15 is 0 Å². The van der Waals surface area contributed by atoms with Crippen molar-refractivity contribution in [3.8, 4) is 0 Å². The second-order valence-corrected chi connectivity index (χ2v) is 4.72. The van der Waals surface area contributed by atoms with Gasteiger partial charge in [0.1, 0.15) is 0 Å². The zero-order valence-electron chi connectivity index (χ0n) is 10.2. The predicted molar refractivity (Wildman–Crippen MR) is 63.9 cm³/mol. The van der Waals surface area contributed by atoms with Gasteiger partial charge in [0.25, 0.3) is 0 Å². The van der Waals surface area contributed by atoms with Crippen molar-refractivity contribution >= 4 is 0 Å². The summed E-state index contributed by atoms with van der Waals surface area (Å²) in [6.45, 7) is 6.68. The van der Waals surface area contributed by atoms with Crippen LogP contribution in [-0.2, 0) is 4.74 Å². The number of rotatable bonds is 6. The molecule has 0 spiro atoms. The van der Waals surface area contributed by atoms with Crippen LogP contribution in [0.3, 0.4) is 0 Å². The molecule has 90 valence electrons. The lowest BCUT2D eigenvalue weighted by molar-refractivity contribution is 0.0892. The Labute approximate surface area is 94.0 Å². The van der Waals surface area contributed by atoms with Crippen molar-refractivity contribution in [3.63, 3.8) is 0 Å². The minimum Gasteiger partial charge on any atom is -0.384 e. The zero-order chi connectivity index (χ0) is 11.1. The quantitative estimate of drug-likeness (QED) is 0.728. The van der Waals surface area contributed by atoms with Crippen LogP contribution in [-0.4, -0.2) is 44.3 Å². The molecule has 0 aliphatic carbocycles. The Kier molecular flexibility index (Phi) is 6.22. The molecule has 0 aromatic carbocycles. The molecule has 2 unspecified atom stereocenters. The van der Waals surface area contributed by atoms with Gasteiger partial charge in [-0.25, -0.2) is 0 Å². The molecule has 1 aliphatic rings. The fourth-order valence-electron chi connectivity index (χ4n) is 2.28. The smallest absolute Gasteiger partial charge is 0.0502 e. The number of nitrogens with zero attached hydrogens (tertiary/aromatic N) is 1. The van der Waals surface area contributed by atoms with Gasteiger partial charge in [-0.2, -0.15) is 0 Å². The fourth-order valence-corrected chi connectivity index (χ4v) is 2.28. The van der Waals surface area contributed by atoms with E-state index in [1.165, 1.54) is 25.9 Å². The topological polar surface area (TPSA) is 38.5 Å². The van der Waals surface area contributed by atoms with Gasteiger partial charge >= 0.3 is 0 Å². The van der Waals surface area contributed by atoms with E-state index in [0.29, 0.717) is 6.04 Å². The summed E-state index contributed by atoms with van der Waals surface area (Å²) in [6.07, 6.45) is 4.87. The largest absolute Gasteiger partial charge is 0.384 e. The van der Waals surface area contributed by atoms with E-state index < -0.39 is 0 Å². The molecule has 2 atom stereocenters. The highest BCUT2D eigenvalue weighted by molar-refractivity contribution is 4.74. The predicted octanol–water partition coefficient (Wildman–Crippen LogP) is 1.47. The van der Waals surface area contributed by atoms with Crippen LogP contribution in [0.4, 0.5) is 0 Å². The van der Waals surface area contributed by atoms with Gasteiger partial charge in [0.2, 0.25) is 0 Å². The van der Waals surface area contributed by atoms with E-state index in [1.807, 2.05) is 0 Å². The Morgan fingerprint density at radius 3 is 3.00 bits per heavy atom. The highest BCUT2D eigenvalue weighted by atomic mass is 16.5. The monoisotopic (exact) mass is 214 g/mol. The van der Waals surface area contributed by atoms with Crippen molar-refractivity contribution in [1.82, 2.24) is 4.90 Å². The fraction of sp³-hybridized carbons (Fsp3) is 1.00. The van der Waals surface area contributed by atoms with Crippen molar-refractivity contribution < 1.29 is 4.74 Å². The average molecular weight is 214 g/mol. The van der Waals surface area contributed by atoms with E-state index in [2.05, 4.69) is 11.8 Å². The van der Waals surface area contributed by atoms with Crippen molar-refractivity contribution in [1.29, 1.82) is 0 Å². The first kappa shape index (κ1) is 12.9. The number of hydrogen-bond donors (Lipinski definition) is 1. The molecule has 3 heteroatoms. The third-order valence-corrected chi connectivity index (χ3v) is 3.35. The summed E-state index contributed by atoms with van der Waals surface area (Å²) in [5.74, 6) is 0.738. The summed E-state index contributed by atoms with van der Waals surface area (Å²) >= 11 is 0. The van der Waals surface area contributed by atoms with Gasteiger partial charge < -0.3 is 15.4 Å². The molecule has 0 saturated carbocycles. The average Bonchev–Trinajstić information content (AvgIpc) is 2.27. The second kappa shape index (κ2) is 7.20. The molecule has 3 nitrogen and oxygen atoms in total. The molecule has 1 fully saturated rings. The highest BCUT2D eigenvalue weighted by Crippen LogP contribution is 2.16. The number of likely N-dealkylation sites (tertiary alicyclic amines) is 1. The Bertz CT molecular complexity index is 162. The van der Waals surface area contributed by atoms with Crippen LogP contribution in [0.25, 0.3) is 0 Å². The zero-order valence-corrected chi connectivity index (χ0v) is 10.2. The van der Waals surface area contributed by atoms with Gasteiger partial charge in [0, 0.05) is 19.7 Å². The summed E-state index contributed by atoms with van der Waals surface area (Å²) in [5, 5.41) is 0. The number of piperidine rings is 1. The maximum Gasteiger partial charge on any atom is 0.0502 e. The molecule has 1 rings (SSSR count). The Morgan fingerprint density at radius 2 is 2.33 bits per heavy atom. The minimum absolute atomic E-state index is 0.382. The van der Waals surface area contributed by atoms with Crippen molar-refractivity contribution in [2.75, 3.05) is 33.4 Å². The van der Waals surface area contributed by atoms with Gasteiger partial charge in [-0.05, 0) is 44.7 Å². The number of methoxy groups -OCH3 is 1. The van der Waals surface area contributed by atoms with Gasteiger partial charge in [-0.1, -0.05) is 6.92 Å². The van der Waals surface area contributed by atoms with Crippen LogP contribution in [0.5, 0.6) is 0 Å². The van der Waals surface area contributed by atoms with Crippen LogP contribution in [0.2, 0.25) is 0 Å². The summed E-state index contributed by atoms with van der Waals surface area (Å²) in [7, 11) is 1.80. The lowest BCUT2D eigenvalue weighted by Gasteiger charge is -2.32. The third kappa shape index (κ3) is 4.96. The molecule has 1 aliphatic heterocycles. The van der Waals surface area contributed by atoms with Crippen LogP contribution >= 0.6 is 0 Å². The highest BCUT2D eigenvalue weighted by Gasteiger charge is 2.19. The molecule has 15 heavy (non-hydrogen) atoms. The van der Waals surface area contributed by atoms with E-state index in [-0.39, 0.29) is 0 Å². The summed E-state index contributed by atoms with van der Waals surface area (Å²) in [4.78, 5) is 2.54. The van der Waals surface area contributed by atoms with Crippen molar-refractivity contribution in [3.05, 3.63) is 0 Å². The number of hydrogen-bond acceptors (Lipinski definition) is 3. The van der Waals surface area contributed by atoms with E-state index in [1.54, 1.807) is 7.11 Å². The van der Waals surface area contributed by atoms with Crippen LogP contribution in [0, 0.1) is 5.92 Å². The first-order valence-electron chi connectivity index (χ1n) is 6.23. The van der Waals surface area contributed by atoms with Crippen molar-refractivity contribution in [2.24, 2.45) is 11.7 Å². The first-order valence-corrected chi connectivity index (χ1v) is 6.23. The summed E-state index contributed by atoms with van der Waals surface area (Å²) in [5.41, 5.74) is 5.93. The summed E-state index contributed by atoms with van der Waals surface area (Å²) in [6, 6.07) is 0.382. The first-order chi connectivity index (χ1) is 7.26. The molecule has 0 radical (unpaired) electrons. The second-order valence-electron chi connectivity index (χ2n) is 4.72. The third-order valence-electron chi connectivity index (χ3n) is 3.35. The van der Waals surface area contributed by atoms with E-state index in [4.69, 9.17) is 10.5 Å². The molecule has 0 bridgehead atoms. The van der Waals surface area contributed by atoms with Crippen LogP contribution in [0.15, 0.2) is 0 Å². The maximum atomic E-state index is 5.93. The SMILES string of the molecule is CCC(N)CCN1CCCC(COC)C1. The Balaban J connectivity index is 2.18. The standard InChI is InChI=1S/C12H26N2O/c1-3-12(13)6-8-14-7-4-5-11(9-14)10-15-2/h11-12H,3-10,13H2,1-2H3. The van der Waals surface area contributed by atoms with Crippen molar-refractivity contribution in [2.45, 2.75) is 38.6 Å². The Morgan fingerprint density at radius 1 is 1.53 bits per heavy atom. The van der Waals surface area contributed by atoms with Gasteiger partial charge in [0.15, 0.2) is 0 Å². The molecule has 0 aromatic rings. The van der Waals surface area contributed by atoms with Crippen LogP contribution < -0.4 is 5.73 Å². The number of nitrogens with two attached hydrogens (primary N) is 1. The molecule has 1 saturated heterocycles. The molecular formula is C12H26N2O. The minimum atomic E-state index is 0.382. The summed E-state index contributed by atoms with van der Waals surface area (Å²) < 4.78 is 5.23.